The average molecular weight is 638 g/mol. The van der Waals surface area contributed by atoms with Gasteiger partial charge in [0.25, 0.3) is 0 Å². The van der Waals surface area contributed by atoms with Crippen molar-refractivity contribution in [3.05, 3.63) is 95.6 Å². The Kier molecular flexibility index (Phi) is 9.87. The van der Waals surface area contributed by atoms with E-state index in [1.807, 2.05) is 47.4 Å². The summed E-state index contributed by atoms with van der Waals surface area (Å²) in [5.74, 6) is 0.0634. The monoisotopic (exact) mass is 637 g/mol. The molecule has 3 aliphatic heterocycles. The highest BCUT2D eigenvalue weighted by Crippen LogP contribution is 2.34. The number of carbonyl (C=O) groups excluding carboxylic acids is 4. The second-order valence-corrected chi connectivity index (χ2v) is 13.0. The smallest absolute Gasteiger partial charge is 0.334 e. The number of aromatic hydroxyl groups is 1. The molecule has 0 saturated carbocycles. The lowest BCUT2D eigenvalue weighted by Gasteiger charge is -2.49. The number of fused-ring (bicyclic) bond motifs is 1. The van der Waals surface area contributed by atoms with Crippen LogP contribution in [0.25, 0.3) is 0 Å². The molecule has 10 nitrogen and oxygen atoms in total. The van der Waals surface area contributed by atoms with E-state index in [9.17, 15) is 24.3 Å². The summed E-state index contributed by atoms with van der Waals surface area (Å²) >= 11 is 0. The third kappa shape index (κ3) is 7.49. The van der Waals surface area contributed by atoms with Crippen LogP contribution in [0.2, 0.25) is 0 Å². The van der Waals surface area contributed by atoms with Crippen molar-refractivity contribution < 1.29 is 24.3 Å². The van der Waals surface area contributed by atoms with Crippen molar-refractivity contribution >= 4 is 29.3 Å². The average Bonchev–Trinajstić information content (AvgIpc) is 3.44. The lowest BCUT2D eigenvalue weighted by atomic mass is 9.90. The van der Waals surface area contributed by atoms with Crippen LogP contribution in [0.3, 0.4) is 0 Å². The van der Waals surface area contributed by atoms with E-state index < -0.39 is 12.2 Å². The van der Waals surface area contributed by atoms with Crippen molar-refractivity contribution in [1.82, 2.24) is 20.2 Å². The highest BCUT2D eigenvalue weighted by atomic mass is 16.3. The van der Waals surface area contributed by atoms with E-state index in [1.54, 1.807) is 46.2 Å². The Hall–Kier alpha value is -4.70. The molecule has 6 rings (SSSR count). The predicted octanol–water partition coefficient (Wildman–Crippen LogP) is 4.66. The Morgan fingerprint density at radius 1 is 0.915 bits per heavy atom. The van der Waals surface area contributed by atoms with Crippen LogP contribution in [-0.4, -0.2) is 76.0 Å². The number of urea groups is 1. The topological polar surface area (TPSA) is 114 Å². The first-order valence-corrected chi connectivity index (χ1v) is 16.6. The Morgan fingerprint density at radius 2 is 1.68 bits per heavy atom. The molecule has 0 spiro atoms. The number of ketones is 1. The third-order valence-electron chi connectivity index (χ3n) is 9.60. The van der Waals surface area contributed by atoms with E-state index in [1.165, 1.54) is 0 Å². The predicted molar refractivity (Wildman–Crippen MR) is 178 cm³/mol. The maximum Gasteiger partial charge on any atom is 0.334 e. The quantitative estimate of drug-likeness (QED) is 0.353. The highest BCUT2D eigenvalue weighted by molar-refractivity contribution is 5.95. The number of hydrogen-bond donors (Lipinski definition) is 2. The fourth-order valence-corrected chi connectivity index (χ4v) is 7.25. The number of Topliss-reactive ketones (excluding diaryl/α,β-unsaturated/α-hetero) is 1. The minimum atomic E-state index is -0.727. The Labute approximate surface area is 275 Å². The zero-order valence-electron chi connectivity index (χ0n) is 26.9. The van der Waals surface area contributed by atoms with Crippen LogP contribution in [0.15, 0.2) is 78.9 Å². The van der Waals surface area contributed by atoms with Gasteiger partial charge in [-0.05, 0) is 79.0 Å². The number of anilines is 1. The number of likely N-dealkylation sites (N-methyl/N-ethyl adjacent to an activating group) is 1. The maximum atomic E-state index is 14.0. The lowest BCUT2D eigenvalue weighted by molar-refractivity contribution is -0.170. The van der Waals surface area contributed by atoms with Crippen LogP contribution in [0.4, 0.5) is 10.5 Å². The first-order valence-electron chi connectivity index (χ1n) is 16.6. The van der Waals surface area contributed by atoms with Gasteiger partial charge in [0.15, 0.2) is 5.78 Å². The number of rotatable bonds is 9. The summed E-state index contributed by atoms with van der Waals surface area (Å²) in [6.45, 7) is 1.07. The Balaban J connectivity index is 1.22. The molecule has 0 radical (unpaired) electrons. The van der Waals surface area contributed by atoms with Crippen molar-refractivity contribution in [2.75, 3.05) is 25.0 Å². The van der Waals surface area contributed by atoms with Crippen molar-refractivity contribution in [3.63, 3.8) is 0 Å². The van der Waals surface area contributed by atoms with Gasteiger partial charge < -0.3 is 20.2 Å². The van der Waals surface area contributed by atoms with Crippen LogP contribution in [0.1, 0.15) is 55.2 Å². The number of amides is 4. The molecular formula is C37H43N5O5. The molecule has 0 aromatic heterocycles. The molecule has 47 heavy (non-hydrogen) atoms. The van der Waals surface area contributed by atoms with E-state index in [4.69, 9.17) is 0 Å². The summed E-state index contributed by atoms with van der Waals surface area (Å²) in [7, 11) is 1.74. The van der Waals surface area contributed by atoms with E-state index in [0.717, 1.165) is 54.6 Å². The number of phenolic OH excluding ortho intramolecular Hbond substituents is 1. The summed E-state index contributed by atoms with van der Waals surface area (Å²) in [5, 5.41) is 16.1. The number of hydrazine groups is 1. The van der Waals surface area contributed by atoms with Crippen molar-refractivity contribution in [2.24, 2.45) is 5.92 Å². The van der Waals surface area contributed by atoms with E-state index in [-0.39, 0.29) is 41.8 Å². The minimum absolute atomic E-state index is 0.0114. The Bertz CT molecular complexity index is 1600. The number of phenols is 1. The van der Waals surface area contributed by atoms with Gasteiger partial charge in [-0.3, -0.25) is 14.4 Å². The molecular weight excluding hydrogens is 594 g/mol. The normalized spacial score (nSPS) is 21.9. The van der Waals surface area contributed by atoms with Gasteiger partial charge >= 0.3 is 6.03 Å². The number of benzene rings is 3. The molecule has 0 bridgehead atoms. The zero-order valence-corrected chi connectivity index (χ0v) is 26.9. The maximum absolute atomic E-state index is 14.0. The number of carbonyl (C=O) groups is 4. The Morgan fingerprint density at radius 3 is 2.43 bits per heavy atom. The number of hydrogen-bond acceptors (Lipinski definition) is 6. The van der Waals surface area contributed by atoms with Gasteiger partial charge in [0.2, 0.25) is 11.8 Å². The van der Waals surface area contributed by atoms with Gasteiger partial charge in [-0.1, -0.05) is 54.6 Å². The molecule has 3 heterocycles. The largest absolute Gasteiger partial charge is 0.508 e. The first kappa shape index (κ1) is 32.2. The first-order chi connectivity index (χ1) is 22.8. The van der Waals surface area contributed by atoms with Gasteiger partial charge in [-0.15, -0.1) is 0 Å². The second-order valence-electron chi connectivity index (χ2n) is 13.0. The van der Waals surface area contributed by atoms with Crippen LogP contribution in [0, 0.1) is 5.92 Å². The minimum Gasteiger partial charge on any atom is -0.508 e. The molecule has 3 aromatic rings. The molecule has 0 aliphatic carbocycles. The van der Waals surface area contributed by atoms with Gasteiger partial charge in [-0.25, -0.2) is 14.8 Å². The van der Waals surface area contributed by atoms with Crippen molar-refractivity contribution in [2.45, 2.75) is 70.1 Å². The van der Waals surface area contributed by atoms with Gasteiger partial charge in [0.1, 0.15) is 11.9 Å². The van der Waals surface area contributed by atoms with Gasteiger partial charge in [-0.2, -0.15) is 0 Å². The van der Waals surface area contributed by atoms with Crippen LogP contribution in [0.5, 0.6) is 5.75 Å². The molecule has 4 amide bonds. The number of nitrogens with zero attached hydrogens (tertiary/aromatic N) is 4. The zero-order chi connectivity index (χ0) is 32.9. The summed E-state index contributed by atoms with van der Waals surface area (Å²) in [6.07, 6.45) is 4.32. The summed E-state index contributed by atoms with van der Waals surface area (Å²) < 4.78 is 0. The lowest BCUT2D eigenvalue weighted by Crippen LogP contribution is -2.69. The molecule has 3 fully saturated rings. The standard InChI is InChI=1S/C37H43N5O5/c1-39-25-36(46)41-32(21-27-15-17-31(43)18-16-27)33(44)22-29(23-34(41)42(39)37(47)38-24-28-8-3-2-4-9-28)12-5-10-26-11-6-13-30(20-26)40-19-7-14-35(40)45/h2-4,6,8-9,11,13,15-18,20,29,32,34,43H,5,7,10,12,14,19,21-25H2,1H3,(H,38,47)/t29?,32-,34-/m0/s1. The fourth-order valence-electron chi connectivity index (χ4n) is 7.25. The summed E-state index contributed by atoms with van der Waals surface area (Å²) in [5.41, 5.74) is 3.87. The second kappa shape index (κ2) is 14.4. The molecule has 3 aliphatic rings. The van der Waals surface area contributed by atoms with Crippen LogP contribution >= 0.6 is 0 Å². The van der Waals surface area contributed by atoms with Gasteiger partial charge in [0, 0.05) is 45.1 Å². The molecule has 2 N–H and O–H groups in total. The van der Waals surface area contributed by atoms with Crippen LogP contribution < -0.4 is 10.2 Å². The molecule has 3 atom stereocenters. The summed E-state index contributed by atoms with van der Waals surface area (Å²) in [6, 6.07) is 23.5. The van der Waals surface area contributed by atoms with E-state index in [2.05, 4.69) is 17.4 Å². The molecule has 3 saturated heterocycles. The molecule has 3 aromatic carbocycles. The fraction of sp³-hybridized carbons (Fsp3) is 0.405. The van der Waals surface area contributed by atoms with Crippen molar-refractivity contribution in [3.8, 4) is 5.75 Å². The van der Waals surface area contributed by atoms with Crippen LogP contribution in [-0.2, 0) is 33.8 Å². The highest BCUT2D eigenvalue weighted by Gasteiger charge is 2.48. The summed E-state index contributed by atoms with van der Waals surface area (Å²) in [4.78, 5) is 57.3. The number of nitrogens with one attached hydrogen (secondary N) is 1. The molecule has 1 unspecified atom stereocenters. The van der Waals surface area contributed by atoms with E-state index in [0.29, 0.717) is 32.2 Å². The molecule has 246 valence electrons. The SMILES string of the molecule is CN1CC(=O)N2[C@@H](Cc3ccc(O)cc3)C(=O)CC(CCCc3cccc(N4CCCC4=O)c3)C[C@@H]2N1C(=O)NCc1ccccc1. The third-order valence-corrected chi connectivity index (χ3v) is 9.60. The molecule has 10 heteroatoms. The number of aryl methyl sites for hydroxylation is 1. The van der Waals surface area contributed by atoms with Crippen molar-refractivity contribution in [1.29, 1.82) is 0 Å². The van der Waals surface area contributed by atoms with Gasteiger partial charge in [0.05, 0.1) is 12.6 Å². The van der Waals surface area contributed by atoms with E-state index >= 15 is 0 Å².